The molecule has 0 aliphatic carbocycles. The van der Waals surface area contributed by atoms with E-state index in [-0.39, 0.29) is 5.82 Å². The van der Waals surface area contributed by atoms with Gasteiger partial charge >= 0.3 is 0 Å². The molecule has 136 valence electrons. The highest BCUT2D eigenvalue weighted by molar-refractivity contribution is 7.80. The lowest BCUT2D eigenvalue weighted by molar-refractivity contribution is 0.306. The summed E-state index contributed by atoms with van der Waals surface area (Å²) in [7, 11) is 0. The highest BCUT2D eigenvalue weighted by atomic mass is 32.1. The smallest absolute Gasteiger partial charge is 0.191 e. The Morgan fingerprint density at radius 2 is 1.78 bits per heavy atom. The van der Waals surface area contributed by atoms with E-state index in [0.717, 1.165) is 16.9 Å². The lowest BCUT2D eigenvalue weighted by atomic mass is 10.2. The molecule has 0 spiro atoms. The maximum atomic E-state index is 12.9. The molecular weight excluding hydrogens is 361 g/mol. The van der Waals surface area contributed by atoms with Crippen LogP contribution in [0.3, 0.4) is 0 Å². The summed E-state index contributed by atoms with van der Waals surface area (Å²) in [6, 6.07) is 23.5. The fraction of sp³-hybridized carbons (Fsp3) is 0.0476. The van der Waals surface area contributed by atoms with Crippen LogP contribution >= 0.6 is 12.2 Å². The monoisotopic (exact) mass is 379 g/mol. The zero-order valence-corrected chi connectivity index (χ0v) is 15.2. The summed E-state index contributed by atoms with van der Waals surface area (Å²) in [5.41, 5.74) is 5.39. The number of hydrogen-bond donors (Lipinski definition) is 2. The first-order valence-corrected chi connectivity index (χ1v) is 8.72. The van der Waals surface area contributed by atoms with Gasteiger partial charge in [-0.25, -0.2) is 4.39 Å². The van der Waals surface area contributed by atoms with E-state index in [9.17, 15) is 4.39 Å². The van der Waals surface area contributed by atoms with E-state index in [1.807, 2.05) is 54.6 Å². The number of thiocarbonyl (C=S) groups is 1. The third-order valence-corrected chi connectivity index (χ3v) is 3.78. The standard InChI is InChI=1S/C21H18FN3OS/c22-18-9-11-19(12-10-18)24-21(27)25-23-14-17-7-4-8-20(13-17)26-15-16-5-2-1-3-6-16/h1-14H,15H2,(H2,24,25,27)/b23-14+. The summed E-state index contributed by atoms with van der Waals surface area (Å²) in [6.45, 7) is 0.505. The molecule has 0 aliphatic heterocycles. The Balaban J connectivity index is 1.51. The molecule has 0 unspecified atom stereocenters. The minimum absolute atomic E-state index is 0.299. The van der Waals surface area contributed by atoms with Crippen LogP contribution in [0.2, 0.25) is 0 Å². The van der Waals surface area contributed by atoms with Crippen molar-refractivity contribution in [3.63, 3.8) is 0 Å². The maximum Gasteiger partial charge on any atom is 0.191 e. The van der Waals surface area contributed by atoms with Gasteiger partial charge in [-0.15, -0.1) is 0 Å². The van der Waals surface area contributed by atoms with E-state index >= 15 is 0 Å². The second kappa shape index (κ2) is 9.45. The Morgan fingerprint density at radius 1 is 1.00 bits per heavy atom. The van der Waals surface area contributed by atoms with Crippen molar-refractivity contribution in [1.29, 1.82) is 0 Å². The third kappa shape index (κ3) is 6.20. The van der Waals surface area contributed by atoms with Crippen LogP contribution in [-0.4, -0.2) is 11.3 Å². The van der Waals surface area contributed by atoms with Crippen LogP contribution < -0.4 is 15.5 Å². The molecule has 0 atom stereocenters. The van der Waals surface area contributed by atoms with Crippen molar-refractivity contribution in [1.82, 2.24) is 5.43 Å². The first-order valence-electron chi connectivity index (χ1n) is 8.31. The molecule has 27 heavy (non-hydrogen) atoms. The van der Waals surface area contributed by atoms with Crippen LogP contribution in [-0.2, 0) is 6.61 Å². The molecule has 0 heterocycles. The number of halogens is 1. The van der Waals surface area contributed by atoms with Crippen molar-refractivity contribution >= 4 is 29.2 Å². The van der Waals surface area contributed by atoms with Crippen molar-refractivity contribution < 1.29 is 9.13 Å². The van der Waals surface area contributed by atoms with Crippen molar-refractivity contribution in [3.05, 3.63) is 95.8 Å². The fourth-order valence-corrected chi connectivity index (χ4v) is 2.45. The van der Waals surface area contributed by atoms with Crippen LogP contribution in [0.25, 0.3) is 0 Å². The summed E-state index contributed by atoms with van der Waals surface area (Å²) >= 11 is 5.15. The number of rotatable bonds is 6. The van der Waals surface area contributed by atoms with Gasteiger partial charge in [-0.05, 0) is 59.7 Å². The summed E-state index contributed by atoms with van der Waals surface area (Å²) < 4.78 is 18.7. The molecule has 3 aromatic carbocycles. The van der Waals surface area contributed by atoms with Gasteiger partial charge in [-0.2, -0.15) is 5.10 Å². The summed E-state index contributed by atoms with van der Waals surface area (Å²) in [6.07, 6.45) is 1.65. The summed E-state index contributed by atoms with van der Waals surface area (Å²) in [5, 5.41) is 7.34. The topological polar surface area (TPSA) is 45.7 Å². The molecular formula is C21H18FN3OS. The van der Waals surface area contributed by atoms with Gasteiger partial charge in [0.25, 0.3) is 0 Å². The molecule has 0 saturated carbocycles. The normalized spacial score (nSPS) is 10.6. The van der Waals surface area contributed by atoms with E-state index in [0.29, 0.717) is 17.4 Å². The van der Waals surface area contributed by atoms with Gasteiger partial charge in [0, 0.05) is 5.69 Å². The maximum absolute atomic E-state index is 12.9. The van der Waals surface area contributed by atoms with Gasteiger partial charge in [-0.1, -0.05) is 42.5 Å². The SMILES string of the molecule is Fc1ccc(NC(=S)N/N=C/c2cccc(OCc3ccccc3)c2)cc1. The molecule has 0 amide bonds. The Hall–Kier alpha value is -3.25. The Kier molecular flexibility index (Phi) is 6.49. The van der Waals surface area contributed by atoms with Gasteiger partial charge in [0.15, 0.2) is 5.11 Å². The number of hydrazone groups is 1. The van der Waals surface area contributed by atoms with Gasteiger partial charge in [0.2, 0.25) is 0 Å². The van der Waals surface area contributed by atoms with Crippen molar-refractivity contribution in [2.45, 2.75) is 6.61 Å². The quantitative estimate of drug-likeness (QED) is 0.369. The molecule has 4 nitrogen and oxygen atoms in total. The van der Waals surface area contributed by atoms with Crippen LogP contribution in [0.1, 0.15) is 11.1 Å². The number of nitrogens with one attached hydrogen (secondary N) is 2. The minimum Gasteiger partial charge on any atom is -0.489 e. The Labute approximate surface area is 162 Å². The number of anilines is 1. The number of ether oxygens (including phenoxy) is 1. The van der Waals surface area contributed by atoms with Gasteiger partial charge in [-0.3, -0.25) is 5.43 Å². The zero-order chi connectivity index (χ0) is 18.9. The Bertz CT molecular complexity index is 914. The summed E-state index contributed by atoms with van der Waals surface area (Å²) in [5.74, 6) is 0.460. The second-order valence-corrected chi connectivity index (χ2v) is 6.09. The third-order valence-electron chi connectivity index (χ3n) is 3.59. The predicted molar refractivity (Wildman–Crippen MR) is 111 cm³/mol. The Morgan fingerprint density at radius 3 is 2.56 bits per heavy atom. The molecule has 0 aliphatic rings. The average molecular weight is 379 g/mol. The highest BCUT2D eigenvalue weighted by Crippen LogP contribution is 2.14. The second-order valence-electron chi connectivity index (χ2n) is 5.68. The molecule has 6 heteroatoms. The fourth-order valence-electron chi connectivity index (χ4n) is 2.28. The van der Waals surface area contributed by atoms with Crippen LogP contribution in [0, 0.1) is 5.82 Å². The first-order chi connectivity index (χ1) is 13.2. The molecule has 0 radical (unpaired) electrons. The molecule has 3 aromatic rings. The molecule has 0 fully saturated rings. The zero-order valence-electron chi connectivity index (χ0n) is 14.4. The largest absolute Gasteiger partial charge is 0.489 e. The minimum atomic E-state index is -0.299. The lowest BCUT2D eigenvalue weighted by Crippen LogP contribution is -2.23. The van der Waals surface area contributed by atoms with Gasteiger partial charge in [0.1, 0.15) is 18.2 Å². The molecule has 0 bridgehead atoms. The van der Waals surface area contributed by atoms with E-state index in [1.54, 1.807) is 18.3 Å². The van der Waals surface area contributed by atoms with Crippen molar-refractivity contribution in [3.8, 4) is 5.75 Å². The molecule has 2 N–H and O–H groups in total. The molecule has 0 aromatic heterocycles. The number of hydrogen-bond acceptors (Lipinski definition) is 3. The van der Waals surface area contributed by atoms with Crippen LogP contribution in [0.5, 0.6) is 5.75 Å². The van der Waals surface area contributed by atoms with Crippen LogP contribution in [0.4, 0.5) is 10.1 Å². The van der Waals surface area contributed by atoms with Gasteiger partial charge < -0.3 is 10.1 Å². The average Bonchev–Trinajstić information content (AvgIpc) is 2.69. The van der Waals surface area contributed by atoms with Crippen molar-refractivity contribution in [2.75, 3.05) is 5.32 Å². The van der Waals surface area contributed by atoms with E-state index in [4.69, 9.17) is 17.0 Å². The van der Waals surface area contributed by atoms with Crippen molar-refractivity contribution in [2.24, 2.45) is 5.10 Å². The van der Waals surface area contributed by atoms with E-state index < -0.39 is 0 Å². The lowest BCUT2D eigenvalue weighted by Gasteiger charge is -2.07. The van der Waals surface area contributed by atoms with E-state index in [2.05, 4.69) is 15.8 Å². The predicted octanol–water partition coefficient (Wildman–Crippen LogP) is 4.73. The highest BCUT2D eigenvalue weighted by Gasteiger charge is 1.98. The first kappa shape index (κ1) is 18.5. The summed E-state index contributed by atoms with van der Waals surface area (Å²) in [4.78, 5) is 0. The van der Waals surface area contributed by atoms with Gasteiger partial charge in [0.05, 0.1) is 6.21 Å². The number of benzene rings is 3. The molecule has 3 rings (SSSR count). The molecule has 0 saturated heterocycles. The van der Waals surface area contributed by atoms with Crippen LogP contribution in [0.15, 0.2) is 84.0 Å². The van der Waals surface area contributed by atoms with E-state index in [1.165, 1.54) is 12.1 Å². The number of nitrogens with zero attached hydrogens (tertiary/aromatic N) is 1.